The van der Waals surface area contributed by atoms with Crippen LogP contribution < -0.4 is 0 Å². The quantitative estimate of drug-likeness (QED) is 0.328. The molecule has 30 heavy (non-hydrogen) atoms. The first kappa shape index (κ1) is 126. The molecule has 0 aromatic carbocycles. The van der Waals surface area contributed by atoms with E-state index in [0.717, 1.165) is 0 Å². The Morgan fingerprint density at radius 2 is 0.267 bits per heavy atom. The van der Waals surface area contributed by atoms with Crippen molar-refractivity contribution in [3.05, 3.63) is 0 Å². The summed E-state index contributed by atoms with van der Waals surface area (Å²) in [6.07, 6.45) is 0. The molecule has 184 valence electrons. The van der Waals surface area contributed by atoms with E-state index in [1.807, 2.05) is 0 Å². The summed E-state index contributed by atoms with van der Waals surface area (Å²) in [5.74, 6) is 0. The second-order valence-electron chi connectivity index (χ2n) is 1.57. The van der Waals surface area contributed by atoms with Crippen molar-refractivity contribution in [1.29, 1.82) is 36.8 Å². The normalized spacial score (nSPS) is 1.87. The number of hydrogen-bond donors (Lipinski definition) is 0. The number of hydrogen-bond acceptors (Lipinski definition) is 7. The Morgan fingerprint density at radius 1 is 0.267 bits per heavy atom. The summed E-state index contributed by atoms with van der Waals surface area (Å²) in [6, 6.07) is 12.2. The average molecular weight is 751 g/mol. The first-order chi connectivity index (χ1) is 9.90. The molecular weight excluding hydrogens is 728 g/mol. The SMILES string of the molecule is CC#N.CC#N.CC#N.CC#N.CC#N.CC#N.CC#N.Cl.Cl.[Fe].[Fe].[Fe].[Fe].[Fe].[Fe].[Fe]. The van der Waals surface area contributed by atoms with Crippen molar-refractivity contribution >= 4 is 24.8 Å². The maximum Gasteiger partial charge on any atom is 0.0587 e. The van der Waals surface area contributed by atoms with Gasteiger partial charge in [-0.1, -0.05) is 0 Å². The van der Waals surface area contributed by atoms with Crippen LogP contribution in [0.25, 0.3) is 0 Å². The Balaban J connectivity index is -0.00000000519. The summed E-state index contributed by atoms with van der Waals surface area (Å²) >= 11 is 0. The molecule has 0 aliphatic heterocycles. The van der Waals surface area contributed by atoms with Gasteiger partial charge in [-0.05, 0) is 0 Å². The predicted octanol–water partition coefficient (Wildman–Crippen LogP) is 4.54. The van der Waals surface area contributed by atoms with Gasteiger partial charge in [0.25, 0.3) is 0 Å². The van der Waals surface area contributed by atoms with Crippen molar-refractivity contribution in [3.63, 3.8) is 0 Å². The zero-order chi connectivity index (χ0) is 18.9. The maximum absolute atomic E-state index is 7.32. The third-order valence-electron chi connectivity index (χ3n) is 0. The number of rotatable bonds is 0. The van der Waals surface area contributed by atoms with Gasteiger partial charge < -0.3 is 0 Å². The van der Waals surface area contributed by atoms with Crippen molar-refractivity contribution < 1.29 is 119 Å². The summed E-state index contributed by atoms with van der Waals surface area (Å²) in [4.78, 5) is 0. The molecule has 0 N–H and O–H groups in total. The van der Waals surface area contributed by atoms with E-state index < -0.39 is 0 Å². The molecule has 0 rings (SSSR count). The molecule has 0 saturated carbocycles. The van der Waals surface area contributed by atoms with Crippen LogP contribution in [-0.2, 0) is 119 Å². The van der Waals surface area contributed by atoms with Gasteiger partial charge in [-0.3, -0.25) is 0 Å². The van der Waals surface area contributed by atoms with Gasteiger partial charge in [0.05, 0.1) is 42.5 Å². The van der Waals surface area contributed by atoms with Crippen LogP contribution in [0.3, 0.4) is 0 Å². The molecule has 0 aromatic rings. The van der Waals surface area contributed by atoms with Gasteiger partial charge in [0.15, 0.2) is 0 Å². The molecule has 0 saturated heterocycles. The molecule has 0 aliphatic carbocycles. The molecule has 0 heterocycles. The Bertz CT molecular complexity index is 321. The first-order valence-corrected chi connectivity index (χ1v) is 5.07. The van der Waals surface area contributed by atoms with Crippen molar-refractivity contribution in [2.75, 3.05) is 0 Å². The van der Waals surface area contributed by atoms with Gasteiger partial charge in [-0.15, -0.1) is 24.8 Å². The number of halogens is 2. The van der Waals surface area contributed by atoms with Crippen LogP contribution in [0.2, 0.25) is 0 Å². The fourth-order valence-electron chi connectivity index (χ4n) is 0. The largest absolute Gasteiger partial charge is 0.199 e. The Labute approximate surface area is 269 Å². The van der Waals surface area contributed by atoms with E-state index in [2.05, 4.69) is 0 Å². The van der Waals surface area contributed by atoms with Crippen molar-refractivity contribution in [2.24, 2.45) is 0 Å². The second-order valence-corrected chi connectivity index (χ2v) is 1.57. The van der Waals surface area contributed by atoms with Crippen LogP contribution in [-0.4, -0.2) is 0 Å². The summed E-state index contributed by atoms with van der Waals surface area (Å²) < 4.78 is 0. The van der Waals surface area contributed by atoms with Gasteiger partial charge in [0.2, 0.25) is 0 Å². The van der Waals surface area contributed by atoms with Crippen LogP contribution >= 0.6 is 24.8 Å². The average Bonchev–Trinajstić information content (AvgIpc) is 2.35. The summed E-state index contributed by atoms with van der Waals surface area (Å²) in [5.41, 5.74) is 0. The molecule has 7 nitrogen and oxygen atoms in total. The third kappa shape index (κ3) is 52400. The van der Waals surface area contributed by atoms with Crippen LogP contribution in [0, 0.1) is 79.3 Å². The first-order valence-electron chi connectivity index (χ1n) is 5.07. The van der Waals surface area contributed by atoms with Crippen LogP contribution in [0.4, 0.5) is 0 Å². The van der Waals surface area contributed by atoms with Crippen molar-refractivity contribution in [1.82, 2.24) is 0 Å². The van der Waals surface area contributed by atoms with E-state index >= 15 is 0 Å². The smallest absolute Gasteiger partial charge is 0.0587 e. The summed E-state index contributed by atoms with van der Waals surface area (Å²) in [7, 11) is 0. The van der Waals surface area contributed by atoms with Crippen molar-refractivity contribution in [2.45, 2.75) is 48.5 Å². The Morgan fingerprint density at radius 3 is 0.267 bits per heavy atom. The molecule has 0 spiro atoms. The Kier molecular flexibility index (Phi) is 1740. The number of nitrogens with zero attached hydrogens (tertiary/aromatic N) is 7. The van der Waals surface area contributed by atoms with Gasteiger partial charge in [-0.25, -0.2) is 0 Å². The number of nitriles is 7. The monoisotopic (exact) mass is 751 g/mol. The van der Waals surface area contributed by atoms with E-state index in [0.29, 0.717) is 0 Å². The molecule has 0 aliphatic rings. The van der Waals surface area contributed by atoms with Crippen LogP contribution in [0.15, 0.2) is 0 Å². The second kappa shape index (κ2) is 416. The minimum Gasteiger partial charge on any atom is -0.199 e. The fraction of sp³-hybridized carbons (Fsp3) is 0.500. The third-order valence-corrected chi connectivity index (χ3v) is 0. The predicted molar refractivity (Wildman–Crippen MR) is 93.5 cm³/mol. The maximum atomic E-state index is 7.32. The van der Waals surface area contributed by atoms with Gasteiger partial charge in [-0.2, -0.15) is 36.8 Å². The minimum atomic E-state index is 0. The van der Waals surface area contributed by atoms with Gasteiger partial charge >= 0.3 is 0 Å². The molecule has 0 fully saturated rings. The summed E-state index contributed by atoms with van der Waals surface area (Å²) in [5, 5.41) is 51.2. The zero-order valence-electron chi connectivity index (χ0n) is 16.9. The molecule has 0 aromatic heterocycles. The molecule has 0 unspecified atom stereocenters. The molecule has 0 bridgehead atoms. The van der Waals surface area contributed by atoms with E-state index in [-0.39, 0.29) is 144 Å². The van der Waals surface area contributed by atoms with Crippen LogP contribution in [0.1, 0.15) is 48.5 Å². The van der Waals surface area contributed by atoms with Gasteiger partial charge in [0, 0.05) is 168 Å². The zero-order valence-corrected chi connectivity index (χ0v) is 26.3. The molecule has 0 amide bonds. The topological polar surface area (TPSA) is 167 Å². The Hall–Kier alpha value is 0.646. The standard InChI is InChI=1S/7C2H3N.2ClH.7Fe/c7*1-2-3;;;;;;;;;/h7*1H3;2*1H;;;;;;;. The van der Waals surface area contributed by atoms with E-state index in [9.17, 15) is 0 Å². The van der Waals surface area contributed by atoms with E-state index in [1.165, 1.54) is 48.5 Å². The van der Waals surface area contributed by atoms with E-state index in [4.69, 9.17) is 36.8 Å². The summed E-state index contributed by atoms with van der Waals surface area (Å²) in [6.45, 7) is 10.0. The molecule has 0 radical (unpaired) electrons. The fourth-order valence-corrected chi connectivity index (χ4v) is 0. The van der Waals surface area contributed by atoms with Crippen LogP contribution in [0.5, 0.6) is 0 Å². The molecular formula is C14H23Cl2Fe7N7. The minimum absolute atomic E-state index is 0. The molecule has 0 atom stereocenters. The molecule has 16 heteroatoms. The van der Waals surface area contributed by atoms with E-state index in [1.54, 1.807) is 42.5 Å². The van der Waals surface area contributed by atoms with Crippen molar-refractivity contribution in [3.8, 4) is 42.5 Å². The van der Waals surface area contributed by atoms with Gasteiger partial charge in [0.1, 0.15) is 0 Å².